The van der Waals surface area contributed by atoms with Crippen LogP contribution in [0.1, 0.15) is 12.8 Å². The third kappa shape index (κ3) is 2.23. The quantitative estimate of drug-likeness (QED) is 0.618. The molecule has 1 saturated carbocycles. The van der Waals surface area contributed by atoms with E-state index in [4.69, 9.17) is 4.74 Å². The number of benzene rings is 1. The average molecular weight is 258 g/mol. The fourth-order valence-corrected chi connectivity index (χ4v) is 1.56. The minimum Gasteiger partial charge on any atom is -0.490 e. The van der Waals surface area contributed by atoms with Gasteiger partial charge in [0.25, 0.3) is 5.69 Å². The molecule has 0 saturated heterocycles. The fourth-order valence-electron chi connectivity index (χ4n) is 1.10. The van der Waals surface area contributed by atoms with Gasteiger partial charge in [0.05, 0.1) is 17.1 Å². The van der Waals surface area contributed by atoms with Crippen LogP contribution in [0.15, 0.2) is 22.7 Å². The molecule has 0 atom stereocenters. The highest BCUT2D eigenvalue weighted by Crippen LogP contribution is 2.31. The number of nitro benzene ring substituents is 1. The Morgan fingerprint density at radius 2 is 2.14 bits per heavy atom. The molecule has 1 aromatic rings. The normalized spacial score (nSPS) is 15.2. The molecule has 74 valence electrons. The van der Waals surface area contributed by atoms with Gasteiger partial charge in [0, 0.05) is 10.5 Å². The molecular formula is C9H8BrNO3. The van der Waals surface area contributed by atoms with Crippen LogP contribution < -0.4 is 4.74 Å². The SMILES string of the molecule is O=[N+]([O-])c1cc(Br)cc(OC2CC2)c1. The first-order chi connectivity index (χ1) is 6.65. The zero-order valence-corrected chi connectivity index (χ0v) is 8.86. The molecule has 0 aliphatic heterocycles. The summed E-state index contributed by atoms with van der Waals surface area (Å²) in [7, 11) is 0. The molecule has 0 bridgehead atoms. The molecule has 4 nitrogen and oxygen atoms in total. The van der Waals surface area contributed by atoms with Gasteiger partial charge in [0.15, 0.2) is 0 Å². The van der Waals surface area contributed by atoms with Crippen LogP contribution in [-0.4, -0.2) is 11.0 Å². The molecule has 1 fully saturated rings. The van der Waals surface area contributed by atoms with Gasteiger partial charge in [-0.2, -0.15) is 0 Å². The van der Waals surface area contributed by atoms with E-state index in [-0.39, 0.29) is 11.8 Å². The van der Waals surface area contributed by atoms with E-state index in [0.29, 0.717) is 10.2 Å². The number of halogens is 1. The van der Waals surface area contributed by atoms with E-state index in [1.165, 1.54) is 12.1 Å². The Morgan fingerprint density at radius 1 is 1.43 bits per heavy atom. The second-order valence-electron chi connectivity index (χ2n) is 3.22. The number of hydrogen-bond acceptors (Lipinski definition) is 3. The zero-order valence-electron chi connectivity index (χ0n) is 7.27. The van der Waals surface area contributed by atoms with E-state index in [0.717, 1.165) is 12.8 Å². The Labute approximate surface area is 89.2 Å². The molecule has 0 heterocycles. The second kappa shape index (κ2) is 3.57. The largest absolute Gasteiger partial charge is 0.490 e. The number of nitrogens with zero attached hydrogens (tertiary/aromatic N) is 1. The molecule has 0 N–H and O–H groups in total. The van der Waals surface area contributed by atoms with Crippen molar-refractivity contribution in [1.82, 2.24) is 0 Å². The summed E-state index contributed by atoms with van der Waals surface area (Å²) in [6.45, 7) is 0. The lowest BCUT2D eigenvalue weighted by atomic mass is 10.3. The average Bonchev–Trinajstić information content (AvgIpc) is 2.87. The maximum Gasteiger partial charge on any atom is 0.274 e. The monoisotopic (exact) mass is 257 g/mol. The van der Waals surface area contributed by atoms with Crippen LogP contribution in [0, 0.1) is 10.1 Å². The highest BCUT2D eigenvalue weighted by Gasteiger charge is 2.24. The lowest BCUT2D eigenvalue weighted by Gasteiger charge is -2.04. The van der Waals surface area contributed by atoms with E-state index in [1.807, 2.05) is 0 Å². The minimum atomic E-state index is -0.426. The summed E-state index contributed by atoms with van der Waals surface area (Å²) in [5.74, 6) is 0.563. The topological polar surface area (TPSA) is 52.4 Å². The predicted octanol–water partition coefficient (Wildman–Crippen LogP) is 2.90. The van der Waals surface area contributed by atoms with E-state index < -0.39 is 4.92 Å². The van der Waals surface area contributed by atoms with Gasteiger partial charge in [-0.1, -0.05) is 15.9 Å². The number of hydrogen-bond donors (Lipinski definition) is 0. The third-order valence-electron chi connectivity index (χ3n) is 1.89. The van der Waals surface area contributed by atoms with E-state index in [9.17, 15) is 10.1 Å². The molecule has 2 rings (SSSR count). The van der Waals surface area contributed by atoms with Crippen molar-refractivity contribution in [3.63, 3.8) is 0 Å². The highest BCUT2D eigenvalue weighted by molar-refractivity contribution is 9.10. The van der Waals surface area contributed by atoms with Crippen LogP contribution >= 0.6 is 15.9 Å². The van der Waals surface area contributed by atoms with Crippen molar-refractivity contribution < 1.29 is 9.66 Å². The van der Waals surface area contributed by atoms with Crippen LogP contribution in [0.5, 0.6) is 5.75 Å². The first-order valence-corrected chi connectivity index (χ1v) is 5.06. The standard InChI is InChI=1S/C9H8BrNO3/c10-6-3-7(11(12)13)5-9(4-6)14-8-1-2-8/h3-5,8H,1-2H2. The Balaban J connectivity index is 2.25. The zero-order chi connectivity index (χ0) is 10.1. The van der Waals surface area contributed by atoms with Crippen LogP contribution in [-0.2, 0) is 0 Å². The molecule has 1 aliphatic carbocycles. The van der Waals surface area contributed by atoms with Gasteiger partial charge in [-0.25, -0.2) is 0 Å². The number of nitro groups is 1. The summed E-state index contributed by atoms with van der Waals surface area (Å²) in [4.78, 5) is 10.1. The molecule has 0 radical (unpaired) electrons. The summed E-state index contributed by atoms with van der Waals surface area (Å²) >= 11 is 3.21. The van der Waals surface area contributed by atoms with Gasteiger partial charge in [-0.05, 0) is 18.9 Å². The number of rotatable bonds is 3. The molecule has 14 heavy (non-hydrogen) atoms. The third-order valence-corrected chi connectivity index (χ3v) is 2.35. The first-order valence-electron chi connectivity index (χ1n) is 4.27. The smallest absolute Gasteiger partial charge is 0.274 e. The van der Waals surface area contributed by atoms with Gasteiger partial charge in [0.2, 0.25) is 0 Å². The van der Waals surface area contributed by atoms with Crippen LogP contribution in [0.4, 0.5) is 5.69 Å². The lowest BCUT2D eigenvalue weighted by molar-refractivity contribution is -0.385. The molecule has 1 aliphatic rings. The molecular weight excluding hydrogens is 250 g/mol. The molecule has 0 spiro atoms. The maximum absolute atomic E-state index is 10.5. The molecule has 0 aromatic heterocycles. The predicted molar refractivity (Wildman–Crippen MR) is 54.4 cm³/mol. The highest BCUT2D eigenvalue weighted by atomic mass is 79.9. The van der Waals surface area contributed by atoms with Gasteiger partial charge in [0.1, 0.15) is 5.75 Å². The summed E-state index contributed by atoms with van der Waals surface area (Å²) in [5.41, 5.74) is 0.0509. The van der Waals surface area contributed by atoms with Crippen molar-refractivity contribution in [1.29, 1.82) is 0 Å². The summed E-state index contributed by atoms with van der Waals surface area (Å²) in [6, 6.07) is 4.65. The van der Waals surface area contributed by atoms with E-state index in [2.05, 4.69) is 15.9 Å². The Bertz CT molecular complexity index is 376. The van der Waals surface area contributed by atoms with Crippen molar-refractivity contribution in [2.45, 2.75) is 18.9 Å². The molecule has 1 aromatic carbocycles. The van der Waals surface area contributed by atoms with E-state index in [1.54, 1.807) is 6.07 Å². The van der Waals surface area contributed by atoms with Gasteiger partial charge in [-0.15, -0.1) is 0 Å². The molecule has 0 unspecified atom stereocenters. The Hall–Kier alpha value is -1.10. The van der Waals surface area contributed by atoms with Gasteiger partial charge >= 0.3 is 0 Å². The van der Waals surface area contributed by atoms with Crippen LogP contribution in [0.2, 0.25) is 0 Å². The molecule has 0 amide bonds. The first kappa shape index (κ1) is 9.45. The van der Waals surface area contributed by atoms with Crippen LogP contribution in [0.25, 0.3) is 0 Å². The van der Waals surface area contributed by atoms with Crippen molar-refractivity contribution in [3.8, 4) is 5.75 Å². The van der Waals surface area contributed by atoms with Crippen molar-refractivity contribution >= 4 is 21.6 Å². The second-order valence-corrected chi connectivity index (χ2v) is 4.14. The number of ether oxygens (including phenoxy) is 1. The minimum absolute atomic E-state index is 0.0509. The van der Waals surface area contributed by atoms with Gasteiger partial charge in [-0.3, -0.25) is 10.1 Å². The van der Waals surface area contributed by atoms with E-state index >= 15 is 0 Å². The van der Waals surface area contributed by atoms with Crippen molar-refractivity contribution in [3.05, 3.63) is 32.8 Å². The fraction of sp³-hybridized carbons (Fsp3) is 0.333. The number of non-ortho nitro benzene ring substituents is 1. The van der Waals surface area contributed by atoms with Crippen molar-refractivity contribution in [2.75, 3.05) is 0 Å². The lowest BCUT2D eigenvalue weighted by Crippen LogP contribution is -1.97. The van der Waals surface area contributed by atoms with Crippen LogP contribution in [0.3, 0.4) is 0 Å². The Kier molecular flexibility index (Phi) is 2.41. The van der Waals surface area contributed by atoms with Crippen molar-refractivity contribution in [2.24, 2.45) is 0 Å². The maximum atomic E-state index is 10.5. The summed E-state index contributed by atoms with van der Waals surface area (Å²) in [5, 5.41) is 10.5. The Morgan fingerprint density at radius 3 is 2.71 bits per heavy atom. The summed E-state index contributed by atoms with van der Waals surface area (Å²) < 4.78 is 6.13. The molecule has 5 heteroatoms. The van der Waals surface area contributed by atoms with Gasteiger partial charge < -0.3 is 4.74 Å². The summed E-state index contributed by atoms with van der Waals surface area (Å²) in [6.07, 6.45) is 2.34.